The number of anilines is 2. The Morgan fingerprint density at radius 3 is 2.67 bits per heavy atom. The first-order chi connectivity index (χ1) is 13.3. The number of amides is 1. The standard InChI is InChI=1S/C21H21N5O/c27-20(25-14-17-4-1-3-16-13-22-12-9-19(16)17)15-5-7-18(8-6-15)26-21-23-10-2-11-24-21/h1-8,10-11,22H,9,12-14H2,(H,25,27)(H,23,24,26). The number of benzene rings is 2. The number of hydrogen-bond donors (Lipinski definition) is 3. The van der Waals surface area contributed by atoms with Crippen molar-refractivity contribution in [3.63, 3.8) is 0 Å². The van der Waals surface area contributed by atoms with Crippen molar-refractivity contribution in [3.8, 4) is 0 Å². The van der Waals surface area contributed by atoms with Gasteiger partial charge in [0.15, 0.2) is 0 Å². The van der Waals surface area contributed by atoms with Crippen LogP contribution < -0.4 is 16.0 Å². The van der Waals surface area contributed by atoms with Gasteiger partial charge < -0.3 is 16.0 Å². The zero-order valence-electron chi connectivity index (χ0n) is 14.9. The number of carbonyl (C=O) groups excluding carboxylic acids is 1. The summed E-state index contributed by atoms with van der Waals surface area (Å²) in [6, 6.07) is 15.4. The van der Waals surface area contributed by atoms with Crippen LogP contribution in [0.1, 0.15) is 27.0 Å². The largest absolute Gasteiger partial charge is 0.348 e. The highest BCUT2D eigenvalue weighted by molar-refractivity contribution is 5.94. The SMILES string of the molecule is O=C(NCc1cccc2c1CCNC2)c1ccc(Nc2ncccn2)cc1. The van der Waals surface area contributed by atoms with Crippen molar-refractivity contribution in [1.29, 1.82) is 0 Å². The number of hydrogen-bond acceptors (Lipinski definition) is 5. The molecule has 27 heavy (non-hydrogen) atoms. The van der Waals surface area contributed by atoms with E-state index in [0.29, 0.717) is 18.1 Å². The first-order valence-electron chi connectivity index (χ1n) is 9.02. The van der Waals surface area contributed by atoms with Crippen molar-refractivity contribution in [1.82, 2.24) is 20.6 Å². The lowest BCUT2D eigenvalue weighted by molar-refractivity contribution is 0.0951. The Labute approximate surface area is 158 Å². The van der Waals surface area contributed by atoms with Crippen molar-refractivity contribution in [2.75, 3.05) is 11.9 Å². The summed E-state index contributed by atoms with van der Waals surface area (Å²) in [5.41, 5.74) is 5.34. The highest BCUT2D eigenvalue weighted by Crippen LogP contribution is 2.19. The third-order valence-corrected chi connectivity index (χ3v) is 4.65. The van der Waals surface area contributed by atoms with E-state index in [9.17, 15) is 4.79 Å². The monoisotopic (exact) mass is 359 g/mol. The molecule has 0 unspecified atom stereocenters. The van der Waals surface area contributed by atoms with Crippen LogP contribution in [-0.4, -0.2) is 22.4 Å². The van der Waals surface area contributed by atoms with Crippen LogP contribution in [-0.2, 0) is 19.5 Å². The van der Waals surface area contributed by atoms with Gasteiger partial charge in [-0.15, -0.1) is 0 Å². The number of fused-ring (bicyclic) bond motifs is 1. The van der Waals surface area contributed by atoms with E-state index in [4.69, 9.17) is 0 Å². The van der Waals surface area contributed by atoms with Gasteiger partial charge in [-0.25, -0.2) is 9.97 Å². The molecule has 1 aliphatic rings. The molecule has 3 aromatic rings. The van der Waals surface area contributed by atoms with E-state index in [1.807, 2.05) is 12.1 Å². The highest BCUT2D eigenvalue weighted by Gasteiger charge is 2.13. The molecule has 2 aromatic carbocycles. The minimum absolute atomic E-state index is 0.0796. The molecule has 0 fully saturated rings. The maximum absolute atomic E-state index is 12.5. The van der Waals surface area contributed by atoms with Crippen LogP contribution in [0.2, 0.25) is 0 Å². The summed E-state index contributed by atoms with van der Waals surface area (Å²) in [5, 5.41) is 9.51. The second kappa shape index (κ2) is 7.97. The molecule has 0 atom stereocenters. The lowest BCUT2D eigenvalue weighted by atomic mass is 9.95. The summed E-state index contributed by atoms with van der Waals surface area (Å²) in [5.74, 6) is 0.446. The van der Waals surface area contributed by atoms with E-state index in [1.165, 1.54) is 16.7 Å². The minimum atomic E-state index is -0.0796. The van der Waals surface area contributed by atoms with E-state index in [1.54, 1.807) is 30.6 Å². The average molecular weight is 359 g/mol. The van der Waals surface area contributed by atoms with Gasteiger partial charge in [0.1, 0.15) is 0 Å². The van der Waals surface area contributed by atoms with Gasteiger partial charge in [-0.1, -0.05) is 18.2 Å². The van der Waals surface area contributed by atoms with Crippen molar-refractivity contribution in [2.24, 2.45) is 0 Å². The Morgan fingerprint density at radius 1 is 1.04 bits per heavy atom. The summed E-state index contributed by atoms with van der Waals surface area (Å²) in [7, 11) is 0. The summed E-state index contributed by atoms with van der Waals surface area (Å²) >= 11 is 0. The highest BCUT2D eigenvalue weighted by atomic mass is 16.1. The average Bonchev–Trinajstić information content (AvgIpc) is 2.73. The van der Waals surface area contributed by atoms with E-state index in [2.05, 4.69) is 44.1 Å². The van der Waals surface area contributed by atoms with Crippen LogP contribution in [0, 0.1) is 0 Å². The molecule has 0 bridgehead atoms. The molecule has 4 rings (SSSR count). The van der Waals surface area contributed by atoms with Crippen molar-refractivity contribution >= 4 is 17.5 Å². The normalized spacial score (nSPS) is 12.9. The summed E-state index contributed by atoms with van der Waals surface area (Å²) in [4.78, 5) is 20.7. The van der Waals surface area contributed by atoms with E-state index in [-0.39, 0.29) is 5.91 Å². The molecular weight excluding hydrogens is 338 g/mol. The number of carbonyl (C=O) groups is 1. The molecule has 0 saturated carbocycles. The fourth-order valence-electron chi connectivity index (χ4n) is 3.25. The third kappa shape index (κ3) is 4.12. The Bertz CT molecular complexity index is 925. The predicted octanol–water partition coefficient (Wildman–Crippen LogP) is 2.80. The van der Waals surface area contributed by atoms with Gasteiger partial charge >= 0.3 is 0 Å². The van der Waals surface area contributed by atoms with Gasteiger partial charge in [-0.05, 0) is 60.0 Å². The smallest absolute Gasteiger partial charge is 0.251 e. The molecule has 6 nitrogen and oxygen atoms in total. The van der Waals surface area contributed by atoms with Crippen LogP contribution >= 0.6 is 0 Å². The summed E-state index contributed by atoms with van der Waals surface area (Å²) < 4.78 is 0. The van der Waals surface area contributed by atoms with Gasteiger partial charge in [-0.2, -0.15) is 0 Å². The minimum Gasteiger partial charge on any atom is -0.348 e. The molecule has 1 amide bonds. The Balaban J connectivity index is 1.39. The topological polar surface area (TPSA) is 78.9 Å². The lowest BCUT2D eigenvalue weighted by Gasteiger charge is -2.20. The van der Waals surface area contributed by atoms with Crippen LogP contribution in [0.15, 0.2) is 60.9 Å². The zero-order valence-corrected chi connectivity index (χ0v) is 14.9. The van der Waals surface area contributed by atoms with Gasteiger partial charge in [0.05, 0.1) is 0 Å². The molecule has 6 heteroatoms. The molecule has 1 aliphatic heterocycles. The molecule has 3 N–H and O–H groups in total. The van der Waals surface area contributed by atoms with E-state index >= 15 is 0 Å². The molecule has 0 aliphatic carbocycles. The molecular formula is C21H21N5O. The zero-order chi connectivity index (χ0) is 18.5. The maximum atomic E-state index is 12.5. The summed E-state index contributed by atoms with van der Waals surface area (Å²) in [6.07, 6.45) is 4.36. The van der Waals surface area contributed by atoms with Crippen LogP contribution in [0.4, 0.5) is 11.6 Å². The fraction of sp³-hybridized carbons (Fsp3) is 0.190. The molecule has 2 heterocycles. The number of nitrogens with zero attached hydrogens (tertiary/aromatic N) is 2. The van der Waals surface area contributed by atoms with Crippen molar-refractivity contribution < 1.29 is 4.79 Å². The second-order valence-corrected chi connectivity index (χ2v) is 6.44. The number of aromatic nitrogens is 2. The van der Waals surface area contributed by atoms with Crippen LogP contribution in [0.25, 0.3) is 0 Å². The van der Waals surface area contributed by atoms with Crippen LogP contribution in [0.5, 0.6) is 0 Å². The predicted molar refractivity (Wildman–Crippen MR) is 105 cm³/mol. The molecule has 0 radical (unpaired) electrons. The molecule has 136 valence electrons. The molecule has 1 aromatic heterocycles. The first kappa shape index (κ1) is 17.2. The lowest BCUT2D eigenvalue weighted by Crippen LogP contribution is -2.27. The van der Waals surface area contributed by atoms with Crippen molar-refractivity contribution in [2.45, 2.75) is 19.5 Å². The van der Waals surface area contributed by atoms with Crippen LogP contribution in [0.3, 0.4) is 0 Å². The molecule has 0 saturated heterocycles. The maximum Gasteiger partial charge on any atom is 0.251 e. The second-order valence-electron chi connectivity index (χ2n) is 6.44. The summed E-state index contributed by atoms with van der Waals surface area (Å²) in [6.45, 7) is 2.42. The molecule has 0 spiro atoms. The van der Waals surface area contributed by atoms with E-state index < -0.39 is 0 Å². The van der Waals surface area contributed by atoms with Gasteiger partial charge in [0, 0.05) is 36.7 Å². The fourth-order valence-corrected chi connectivity index (χ4v) is 3.25. The first-order valence-corrected chi connectivity index (χ1v) is 9.02. The number of nitrogens with one attached hydrogen (secondary N) is 3. The van der Waals surface area contributed by atoms with Gasteiger partial charge in [-0.3, -0.25) is 4.79 Å². The quantitative estimate of drug-likeness (QED) is 0.653. The van der Waals surface area contributed by atoms with E-state index in [0.717, 1.165) is 25.2 Å². The Morgan fingerprint density at radius 2 is 1.85 bits per heavy atom. The Hall–Kier alpha value is -3.25. The third-order valence-electron chi connectivity index (χ3n) is 4.65. The van der Waals surface area contributed by atoms with Gasteiger partial charge in [0.25, 0.3) is 5.91 Å². The Kier molecular flexibility index (Phi) is 5.07. The van der Waals surface area contributed by atoms with Crippen molar-refractivity contribution in [3.05, 3.63) is 83.2 Å². The number of rotatable bonds is 5. The van der Waals surface area contributed by atoms with Gasteiger partial charge in [0.2, 0.25) is 5.95 Å².